The highest BCUT2D eigenvalue weighted by molar-refractivity contribution is 6.73. The van der Waals surface area contributed by atoms with Crippen LogP contribution in [0.4, 0.5) is 0 Å². The molecule has 3 atom stereocenters. The highest BCUT2D eigenvalue weighted by atomic mass is 28.4. The molecule has 2 nitrogen and oxygen atoms in total. The fourth-order valence-electron chi connectivity index (χ4n) is 3.31. The minimum Gasteiger partial charge on any atom is -0.417 e. The largest absolute Gasteiger partial charge is 0.417 e. The molecule has 0 bridgehead atoms. The van der Waals surface area contributed by atoms with Crippen molar-refractivity contribution in [3.63, 3.8) is 0 Å². The van der Waals surface area contributed by atoms with Gasteiger partial charge in [-0.15, -0.1) is 6.58 Å². The molecular weight excluding hydrogens is 252 g/mol. The number of Topliss-reactive ketones (excluding diaryl/α,β-unsaturated/α-hetero) is 1. The standard InChI is InChI=1S/C16H30O2Si/c1-6-14-11-15(17)10-13(5)16(14)12-18-19(7-2,8-3)9-4/h6,13-14,16H,1,7-12H2,2-5H3/t13-,14+,16+/m0/s1. The Morgan fingerprint density at radius 3 is 2.32 bits per heavy atom. The second kappa shape index (κ2) is 7.39. The van der Waals surface area contributed by atoms with E-state index in [-0.39, 0.29) is 0 Å². The van der Waals surface area contributed by atoms with Crippen LogP contribution in [0.1, 0.15) is 40.5 Å². The van der Waals surface area contributed by atoms with Gasteiger partial charge < -0.3 is 4.43 Å². The normalized spacial score (nSPS) is 28.4. The fourth-order valence-corrected chi connectivity index (χ4v) is 5.96. The molecule has 110 valence electrons. The average molecular weight is 282 g/mol. The molecule has 0 N–H and O–H groups in total. The summed E-state index contributed by atoms with van der Waals surface area (Å²) in [5.41, 5.74) is 0. The van der Waals surface area contributed by atoms with Crippen LogP contribution in [0.25, 0.3) is 0 Å². The van der Waals surface area contributed by atoms with E-state index in [1.165, 1.54) is 18.1 Å². The topological polar surface area (TPSA) is 26.3 Å². The van der Waals surface area contributed by atoms with E-state index in [0.29, 0.717) is 30.0 Å². The predicted octanol–water partition coefficient (Wildman–Crippen LogP) is 4.43. The average Bonchev–Trinajstić information content (AvgIpc) is 2.42. The lowest BCUT2D eigenvalue weighted by Gasteiger charge is -2.37. The third-order valence-corrected chi connectivity index (χ3v) is 9.76. The number of ketones is 1. The van der Waals surface area contributed by atoms with E-state index >= 15 is 0 Å². The molecule has 0 aliphatic heterocycles. The quantitative estimate of drug-likeness (QED) is 0.510. The second-order valence-electron chi connectivity index (χ2n) is 6.04. The van der Waals surface area contributed by atoms with Gasteiger partial charge >= 0.3 is 0 Å². The van der Waals surface area contributed by atoms with E-state index in [0.717, 1.165) is 13.0 Å². The molecule has 1 rings (SSSR count). The van der Waals surface area contributed by atoms with Crippen molar-refractivity contribution in [3.05, 3.63) is 12.7 Å². The Balaban J connectivity index is 2.68. The molecule has 1 aliphatic rings. The fraction of sp³-hybridized carbons (Fsp3) is 0.812. The van der Waals surface area contributed by atoms with Gasteiger partial charge in [0.15, 0.2) is 8.32 Å². The van der Waals surface area contributed by atoms with Gasteiger partial charge in [-0.3, -0.25) is 4.79 Å². The van der Waals surface area contributed by atoms with Crippen molar-refractivity contribution in [1.82, 2.24) is 0 Å². The van der Waals surface area contributed by atoms with Crippen LogP contribution in [0.2, 0.25) is 18.1 Å². The molecule has 1 saturated carbocycles. The van der Waals surface area contributed by atoms with Crippen LogP contribution in [0.5, 0.6) is 0 Å². The zero-order valence-corrected chi connectivity index (χ0v) is 14.1. The first-order chi connectivity index (χ1) is 9.01. The zero-order valence-electron chi connectivity index (χ0n) is 13.1. The summed E-state index contributed by atoms with van der Waals surface area (Å²) in [6.07, 6.45) is 3.35. The van der Waals surface area contributed by atoms with E-state index in [4.69, 9.17) is 4.43 Å². The maximum absolute atomic E-state index is 11.7. The van der Waals surface area contributed by atoms with Crippen LogP contribution in [0, 0.1) is 17.8 Å². The number of hydrogen-bond acceptors (Lipinski definition) is 2. The maximum atomic E-state index is 11.7. The molecule has 0 aromatic heterocycles. The Morgan fingerprint density at radius 1 is 1.26 bits per heavy atom. The summed E-state index contributed by atoms with van der Waals surface area (Å²) in [5, 5.41) is 0. The molecule has 0 unspecified atom stereocenters. The molecule has 0 heterocycles. The summed E-state index contributed by atoms with van der Waals surface area (Å²) in [6, 6.07) is 3.58. The van der Waals surface area contributed by atoms with E-state index in [1.807, 2.05) is 6.08 Å². The lowest BCUT2D eigenvalue weighted by atomic mass is 9.73. The van der Waals surface area contributed by atoms with Gasteiger partial charge in [0.2, 0.25) is 0 Å². The molecule has 0 radical (unpaired) electrons. The second-order valence-corrected chi connectivity index (χ2v) is 10.8. The van der Waals surface area contributed by atoms with Crippen LogP contribution in [0.3, 0.4) is 0 Å². The molecule has 0 saturated heterocycles. The van der Waals surface area contributed by atoms with Crippen LogP contribution in [-0.4, -0.2) is 20.7 Å². The summed E-state index contributed by atoms with van der Waals surface area (Å²) < 4.78 is 6.43. The van der Waals surface area contributed by atoms with Gasteiger partial charge in [-0.1, -0.05) is 33.8 Å². The minimum atomic E-state index is -1.51. The zero-order chi connectivity index (χ0) is 14.5. The molecule has 19 heavy (non-hydrogen) atoms. The summed E-state index contributed by atoms with van der Waals surface area (Å²) in [6.45, 7) is 13.7. The highest BCUT2D eigenvalue weighted by Gasteiger charge is 2.36. The Labute approximate surface area is 119 Å². The Hall–Kier alpha value is -0.413. The van der Waals surface area contributed by atoms with Gasteiger partial charge in [0.1, 0.15) is 5.78 Å². The van der Waals surface area contributed by atoms with E-state index in [1.54, 1.807) is 0 Å². The third kappa shape index (κ3) is 4.02. The van der Waals surface area contributed by atoms with Crippen LogP contribution in [0.15, 0.2) is 12.7 Å². The van der Waals surface area contributed by atoms with Gasteiger partial charge in [0.05, 0.1) is 0 Å². The molecule has 1 fully saturated rings. The van der Waals surface area contributed by atoms with Crippen molar-refractivity contribution in [2.75, 3.05) is 6.61 Å². The van der Waals surface area contributed by atoms with Crippen molar-refractivity contribution in [2.24, 2.45) is 17.8 Å². The van der Waals surface area contributed by atoms with E-state index in [9.17, 15) is 4.79 Å². The maximum Gasteiger partial charge on any atom is 0.191 e. The van der Waals surface area contributed by atoms with Crippen LogP contribution < -0.4 is 0 Å². The van der Waals surface area contributed by atoms with Gasteiger partial charge in [0, 0.05) is 19.4 Å². The first kappa shape index (κ1) is 16.6. The SMILES string of the molecule is C=C[C@@H]1CC(=O)C[C@H](C)[C@H]1CO[Si](CC)(CC)CC. The highest BCUT2D eigenvalue weighted by Crippen LogP contribution is 2.35. The van der Waals surface area contributed by atoms with Crippen LogP contribution in [-0.2, 0) is 9.22 Å². The molecule has 0 amide bonds. The number of hydrogen-bond donors (Lipinski definition) is 0. The van der Waals surface area contributed by atoms with E-state index in [2.05, 4.69) is 34.3 Å². The first-order valence-electron chi connectivity index (χ1n) is 7.80. The van der Waals surface area contributed by atoms with Crippen LogP contribution >= 0.6 is 0 Å². The van der Waals surface area contributed by atoms with E-state index < -0.39 is 8.32 Å². The molecular formula is C16H30O2Si. The Kier molecular flexibility index (Phi) is 6.47. The summed E-state index contributed by atoms with van der Waals surface area (Å²) in [7, 11) is -1.51. The third-order valence-electron chi connectivity index (χ3n) is 5.11. The first-order valence-corrected chi connectivity index (χ1v) is 10.3. The Bertz CT molecular complexity index is 302. The smallest absolute Gasteiger partial charge is 0.191 e. The van der Waals surface area contributed by atoms with Crippen molar-refractivity contribution >= 4 is 14.1 Å². The van der Waals surface area contributed by atoms with Crippen molar-refractivity contribution in [2.45, 2.75) is 58.7 Å². The monoisotopic (exact) mass is 282 g/mol. The molecule has 1 aliphatic carbocycles. The summed E-state index contributed by atoms with van der Waals surface area (Å²) in [5.74, 6) is 1.61. The molecule has 0 spiro atoms. The summed E-state index contributed by atoms with van der Waals surface area (Å²) >= 11 is 0. The van der Waals surface area contributed by atoms with Crippen molar-refractivity contribution in [1.29, 1.82) is 0 Å². The van der Waals surface area contributed by atoms with Crippen molar-refractivity contribution in [3.8, 4) is 0 Å². The van der Waals surface area contributed by atoms with Crippen molar-refractivity contribution < 1.29 is 9.22 Å². The van der Waals surface area contributed by atoms with Gasteiger partial charge in [-0.25, -0.2) is 0 Å². The minimum absolute atomic E-state index is 0.313. The predicted molar refractivity (Wildman–Crippen MR) is 83.7 cm³/mol. The van der Waals surface area contributed by atoms with Gasteiger partial charge in [-0.05, 0) is 35.9 Å². The number of carbonyl (C=O) groups is 1. The molecule has 0 aromatic rings. The number of carbonyl (C=O) groups excluding carboxylic acids is 1. The Morgan fingerprint density at radius 2 is 1.84 bits per heavy atom. The lowest BCUT2D eigenvalue weighted by molar-refractivity contribution is -0.124. The summed E-state index contributed by atoms with van der Waals surface area (Å²) in [4.78, 5) is 11.7. The number of allylic oxidation sites excluding steroid dienone is 1. The molecule has 3 heteroatoms. The molecule has 0 aromatic carbocycles. The lowest BCUT2D eigenvalue weighted by Crippen LogP contribution is -2.41. The number of rotatable bonds is 7. The van der Waals surface area contributed by atoms with Gasteiger partial charge in [-0.2, -0.15) is 0 Å². The van der Waals surface area contributed by atoms with Gasteiger partial charge in [0.25, 0.3) is 0 Å².